The zero-order valence-corrected chi connectivity index (χ0v) is 13.7. The highest BCUT2D eigenvalue weighted by Crippen LogP contribution is 2.30. The molecule has 1 aromatic rings. The molecule has 1 rings (SSSR count). The topological polar surface area (TPSA) is 76.1 Å². The van der Waals surface area contributed by atoms with E-state index in [2.05, 4.69) is 0 Å². The SMILES string of the molecule is COc1cc(C)c(C(=O)N(CC(=O)O)CC(C)C)cc1OC. The molecule has 22 heavy (non-hydrogen) atoms. The maximum atomic E-state index is 12.7. The normalized spacial score (nSPS) is 10.5. The van der Waals surface area contributed by atoms with Crippen LogP contribution in [-0.2, 0) is 4.79 Å². The van der Waals surface area contributed by atoms with E-state index in [1.807, 2.05) is 13.8 Å². The minimum Gasteiger partial charge on any atom is -0.493 e. The summed E-state index contributed by atoms with van der Waals surface area (Å²) in [5.74, 6) is -0.216. The summed E-state index contributed by atoms with van der Waals surface area (Å²) >= 11 is 0. The molecule has 0 saturated heterocycles. The van der Waals surface area contributed by atoms with Crippen molar-refractivity contribution in [3.63, 3.8) is 0 Å². The molecular weight excluding hydrogens is 286 g/mol. The third-order valence-corrected chi connectivity index (χ3v) is 3.16. The minimum atomic E-state index is -1.04. The van der Waals surface area contributed by atoms with Gasteiger partial charge in [-0.25, -0.2) is 0 Å². The summed E-state index contributed by atoms with van der Waals surface area (Å²) in [6.45, 7) is 5.69. The molecule has 0 fully saturated rings. The Balaban J connectivity index is 3.20. The van der Waals surface area contributed by atoms with Gasteiger partial charge in [-0.3, -0.25) is 9.59 Å². The van der Waals surface area contributed by atoms with Gasteiger partial charge in [0.15, 0.2) is 11.5 Å². The highest BCUT2D eigenvalue weighted by atomic mass is 16.5. The molecule has 6 heteroatoms. The van der Waals surface area contributed by atoms with E-state index in [-0.39, 0.29) is 18.4 Å². The number of hydrogen-bond donors (Lipinski definition) is 1. The van der Waals surface area contributed by atoms with Gasteiger partial charge in [-0.2, -0.15) is 0 Å². The average Bonchev–Trinajstić information content (AvgIpc) is 2.44. The summed E-state index contributed by atoms with van der Waals surface area (Å²) in [5.41, 5.74) is 1.13. The van der Waals surface area contributed by atoms with Gasteiger partial charge < -0.3 is 19.5 Å². The summed E-state index contributed by atoms with van der Waals surface area (Å²) < 4.78 is 10.4. The second-order valence-corrected chi connectivity index (χ2v) is 5.50. The van der Waals surface area contributed by atoms with Crippen LogP contribution in [0.5, 0.6) is 11.5 Å². The summed E-state index contributed by atoms with van der Waals surface area (Å²) in [4.78, 5) is 25.0. The fraction of sp³-hybridized carbons (Fsp3) is 0.500. The van der Waals surface area contributed by atoms with Crippen molar-refractivity contribution in [2.45, 2.75) is 20.8 Å². The van der Waals surface area contributed by atoms with Crippen LogP contribution >= 0.6 is 0 Å². The van der Waals surface area contributed by atoms with E-state index in [0.29, 0.717) is 29.2 Å². The number of ether oxygens (including phenoxy) is 2. The monoisotopic (exact) mass is 309 g/mol. The number of carbonyl (C=O) groups is 2. The van der Waals surface area contributed by atoms with Crippen LogP contribution in [0.3, 0.4) is 0 Å². The van der Waals surface area contributed by atoms with Gasteiger partial charge in [-0.05, 0) is 30.5 Å². The molecule has 122 valence electrons. The van der Waals surface area contributed by atoms with E-state index in [1.54, 1.807) is 19.1 Å². The van der Waals surface area contributed by atoms with Gasteiger partial charge in [0, 0.05) is 12.1 Å². The summed E-state index contributed by atoms with van der Waals surface area (Å²) in [6, 6.07) is 3.30. The van der Waals surface area contributed by atoms with Crippen LogP contribution in [0.2, 0.25) is 0 Å². The van der Waals surface area contributed by atoms with E-state index in [9.17, 15) is 9.59 Å². The fourth-order valence-electron chi connectivity index (χ4n) is 2.20. The Kier molecular flexibility index (Phi) is 6.22. The summed E-state index contributed by atoms with van der Waals surface area (Å²) in [5, 5.41) is 9.01. The Labute approximate surface area is 130 Å². The van der Waals surface area contributed by atoms with Gasteiger partial charge in [0.05, 0.1) is 14.2 Å². The maximum Gasteiger partial charge on any atom is 0.323 e. The molecule has 1 amide bonds. The molecular formula is C16H23NO5. The highest BCUT2D eigenvalue weighted by molar-refractivity contribution is 5.97. The number of aliphatic carboxylic acids is 1. The number of amides is 1. The second kappa shape index (κ2) is 7.68. The van der Waals surface area contributed by atoms with Gasteiger partial charge in [0.25, 0.3) is 5.91 Å². The quantitative estimate of drug-likeness (QED) is 0.835. The molecule has 0 unspecified atom stereocenters. The molecule has 6 nitrogen and oxygen atoms in total. The predicted octanol–water partition coefficient (Wildman–Crippen LogP) is 2.20. The fourth-order valence-corrected chi connectivity index (χ4v) is 2.20. The number of rotatable bonds is 7. The van der Waals surface area contributed by atoms with Crippen molar-refractivity contribution in [1.29, 1.82) is 0 Å². The third-order valence-electron chi connectivity index (χ3n) is 3.16. The molecule has 0 aliphatic carbocycles. The van der Waals surface area contributed by atoms with Gasteiger partial charge in [0.1, 0.15) is 6.54 Å². The molecule has 0 radical (unpaired) electrons. The molecule has 0 aromatic heterocycles. The lowest BCUT2D eigenvalue weighted by molar-refractivity contribution is -0.137. The Bertz CT molecular complexity index is 554. The zero-order chi connectivity index (χ0) is 16.9. The average molecular weight is 309 g/mol. The highest BCUT2D eigenvalue weighted by Gasteiger charge is 2.22. The number of aryl methyl sites for hydroxylation is 1. The largest absolute Gasteiger partial charge is 0.493 e. The lowest BCUT2D eigenvalue weighted by Gasteiger charge is -2.24. The first-order valence-electron chi connectivity index (χ1n) is 7.03. The van der Waals surface area contributed by atoms with E-state index in [0.717, 1.165) is 0 Å². The van der Waals surface area contributed by atoms with Crippen molar-refractivity contribution in [3.05, 3.63) is 23.3 Å². The van der Waals surface area contributed by atoms with Crippen molar-refractivity contribution < 1.29 is 24.2 Å². The van der Waals surface area contributed by atoms with Crippen LogP contribution in [0.4, 0.5) is 0 Å². The zero-order valence-electron chi connectivity index (χ0n) is 13.7. The lowest BCUT2D eigenvalue weighted by atomic mass is 10.1. The Morgan fingerprint density at radius 1 is 1.18 bits per heavy atom. The summed E-state index contributed by atoms with van der Waals surface area (Å²) in [6.07, 6.45) is 0. The van der Waals surface area contributed by atoms with Crippen LogP contribution in [-0.4, -0.2) is 49.2 Å². The first-order chi connectivity index (χ1) is 10.3. The number of benzene rings is 1. The van der Waals surface area contributed by atoms with E-state index < -0.39 is 5.97 Å². The number of carbonyl (C=O) groups excluding carboxylic acids is 1. The van der Waals surface area contributed by atoms with Crippen LogP contribution in [0.25, 0.3) is 0 Å². The number of carboxylic acids is 1. The number of nitrogens with zero attached hydrogens (tertiary/aromatic N) is 1. The van der Waals surface area contributed by atoms with Crippen molar-refractivity contribution >= 4 is 11.9 Å². The van der Waals surface area contributed by atoms with Crippen molar-refractivity contribution in [2.24, 2.45) is 5.92 Å². The standard InChI is InChI=1S/C16H23NO5/c1-10(2)8-17(9-15(18)19)16(20)12-7-14(22-5)13(21-4)6-11(12)3/h6-7,10H,8-9H2,1-5H3,(H,18,19). The minimum absolute atomic E-state index is 0.170. The molecule has 0 spiro atoms. The van der Waals surface area contributed by atoms with Gasteiger partial charge in [0.2, 0.25) is 0 Å². The van der Waals surface area contributed by atoms with Gasteiger partial charge in [-0.15, -0.1) is 0 Å². The molecule has 1 aromatic carbocycles. The molecule has 0 aliphatic rings. The first kappa shape index (κ1) is 17.8. The van der Waals surface area contributed by atoms with Crippen molar-refractivity contribution in [2.75, 3.05) is 27.3 Å². The summed E-state index contributed by atoms with van der Waals surface area (Å²) in [7, 11) is 3.01. The number of hydrogen-bond acceptors (Lipinski definition) is 4. The number of carboxylic acid groups (broad SMARTS) is 1. The maximum absolute atomic E-state index is 12.7. The predicted molar refractivity (Wildman–Crippen MR) is 82.7 cm³/mol. The van der Waals surface area contributed by atoms with E-state index >= 15 is 0 Å². The number of methoxy groups -OCH3 is 2. The van der Waals surface area contributed by atoms with Crippen LogP contribution in [0.15, 0.2) is 12.1 Å². The molecule has 0 heterocycles. The Hall–Kier alpha value is -2.24. The van der Waals surface area contributed by atoms with Crippen LogP contribution in [0.1, 0.15) is 29.8 Å². The van der Waals surface area contributed by atoms with Gasteiger partial charge >= 0.3 is 5.97 Å². The lowest BCUT2D eigenvalue weighted by Crippen LogP contribution is -2.38. The Morgan fingerprint density at radius 2 is 1.73 bits per heavy atom. The molecule has 0 atom stereocenters. The molecule has 0 saturated carbocycles. The van der Waals surface area contributed by atoms with Gasteiger partial charge in [-0.1, -0.05) is 13.8 Å². The van der Waals surface area contributed by atoms with Crippen molar-refractivity contribution in [3.8, 4) is 11.5 Å². The second-order valence-electron chi connectivity index (χ2n) is 5.50. The molecule has 0 aliphatic heterocycles. The molecule has 0 bridgehead atoms. The molecule has 1 N–H and O–H groups in total. The van der Waals surface area contributed by atoms with Crippen LogP contribution < -0.4 is 9.47 Å². The van der Waals surface area contributed by atoms with E-state index in [1.165, 1.54) is 19.1 Å². The van der Waals surface area contributed by atoms with Crippen molar-refractivity contribution in [1.82, 2.24) is 4.90 Å². The smallest absolute Gasteiger partial charge is 0.323 e. The Morgan fingerprint density at radius 3 is 2.18 bits per heavy atom. The first-order valence-corrected chi connectivity index (χ1v) is 7.03. The van der Waals surface area contributed by atoms with E-state index in [4.69, 9.17) is 14.6 Å². The van der Waals surface area contributed by atoms with Crippen LogP contribution in [0, 0.1) is 12.8 Å². The third kappa shape index (κ3) is 4.38.